The molecular formula is C22H23N7O. The molecule has 8 heteroatoms. The Hall–Kier alpha value is -3.81. The van der Waals surface area contributed by atoms with Crippen LogP contribution in [0.2, 0.25) is 0 Å². The van der Waals surface area contributed by atoms with Gasteiger partial charge in [0, 0.05) is 25.4 Å². The van der Waals surface area contributed by atoms with Crippen LogP contribution < -0.4 is 20.7 Å². The van der Waals surface area contributed by atoms with E-state index in [0.29, 0.717) is 5.88 Å². The molecule has 1 aliphatic heterocycles. The first kappa shape index (κ1) is 18.2. The van der Waals surface area contributed by atoms with Crippen LogP contribution in [0.4, 0.5) is 17.2 Å². The summed E-state index contributed by atoms with van der Waals surface area (Å²) < 4.78 is 7.43. The number of aromatic nitrogens is 4. The van der Waals surface area contributed by atoms with E-state index < -0.39 is 0 Å². The third kappa shape index (κ3) is 3.06. The minimum Gasteiger partial charge on any atom is -0.479 e. The molecule has 5 rings (SSSR count). The fourth-order valence-corrected chi connectivity index (χ4v) is 4.01. The van der Waals surface area contributed by atoms with Crippen molar-refractivity contribution in [2.45, 2.75) is 19.0 Å². The van der Waals surface area contributed by atoms with E-state index in [0.717, 1.165) is 40.3 Å². The highest BCUT2D eigenvalue weighted by molar-refractivity contribution is 5.83. The van der Waals surface area contributed by atoms with Gasteiger partial charge in [0.1, 0.15) is 17.5 Å². The Balaban J connectivity index is 1.46. The highest BCUT2D eigenvalue weighted by Gasteiger charge is 2.33. The molecule has 152 valence electrons. The minimum atomic E-state index is -0.333. The van der Waals surface area contributed by atoms with E-state index in [1.165, 1.54) is 11.9 Å². The van der Waals surface area contributed by atoms with E-state index in [9.17, 15) is 0 Å². The summed E-state index contributed by atoms with van der Waals surface area (Å²) in [6, 6.07) is 12.4. The predicted molar refractivity (Wildman–Crippen MR) is 119 cm³/mol. The third-order valence-corrected chi connectivity index (χ3v) is 5.36. The molecular weight excluding hydrogens is 378 g/mol. The largest absolute Gasteiger partial charge is 0.479 e. The van der Waals surface area contributed by atoms with Crippen LogP contribution in [-0.4, -0.2) is 39.3 Å². The van der Waals surface area contributed by atoms with Crippen LogP contribution >= 0.6 is 0 Å². The van der Waals surface area contributed by atoms with E-state index in [1.807, 2.05) is 30.1 Å². The van der Waals surface area contributed by atoms with Gasteiger partial charge in [-0.05, 0) is 36.8 Å². The lowest BCUT2D eigenvalue weighted by Crippen LogP contribution is -2.40. The number of anilines is 3. The molecule has 8 nitrogen and oxygen atoms in total. The van der Waals surface area contributed by atoms with Gasteiger partial charge in [0.05, 0.1) is 30.2 Å². The molecule has 0 bridgehead atoms. The van der Waals surface area contributed by atoms with Crippen molar-refractivity contribution in [1.29, 1.82) is 0 Å². The van der Waals surface area contributed by atoms with E-state index in [4.69, 9.17) is 4.74 Å². The Labute approximate surface area is 174 Å². The monoisotopic (exact) mass is 401 g/mol. The van der Waals surface area contributed by atoms with Gasteiger partial charge in [-0.2, -0.15) is 4.98 Å². The molecule has 1 atom stereocenters. The fraction of sp³-hybridized carbons (Fsp3) is 0.227. The number of ether oxygens (including phenoxy) is 1. The summed E-state index contributed by atoms with van der Waals surface area (Å²) >= 11 is 0. The van der Waals surface area contributed by atoms with Crippen molar-refractivity contribution in [2.24, 2.45) is 0 Å². The van der Waals surface area contributed by atoms with Crippen LogP contribution in [0.1, 0.15) is 12.5 Å². The molecule has 3 N–H and O–H groups in total. The van der Waals surface area contributed by atoms with E-state index in [1.54, 1.807) is 7.11 Å². The van der Waals surface area contributed by atoms with Gasteiger partial charge in [-0.1, -0.05) is 12.1 Å². The van der Waals surface area contributed by atoms with Gasteiger partial charge in [0.25, 0.3) is 0 Å². The highest BCUT2D eigenvalue weighted by atomic mass is 16.5. The Morgan fingerprint density at radius 3 is 2.87 bits per heavy atom. The number of nitrogens with zero attached hydrogens (tertiary/aromatic N) is 4. The molecule has 1 aromatic carbocycles. The molecule has 0 aliphatic carbocycles. The van der Waals surface area contributed by atoms with E-state index in [2.05, 4.69) is 68.2 Å². The Morgan fingerprint density at radius 1 is 1.13 bits per heavy atom. The zero-order chi connectivity index (χ0) is 20.7. The minimum absolute atomic E-state index is 0.333. The molecule has 1 unspecified atom stereocenters. The molecule has 0 radical (unpaired) electrons. The van der Waals surface area contributed by atoms with Gasteiger partial charge in [-0.15, -0.1) is 0 Å². The average molecular weight is 401 g/mol. The molecule has 1 aliphatic rings. The molecule has 0 fully saturated rings. The van der Waals surface area contributed by atoms with Crippen LogP contribution in [0.3, 0.4) is 0 Å². The predicted octanol–water partition coefficient (Wildman–Crippen LogP) is 3.66. The second-order valence-electron chi connectivity index (χ2n) is 7.60. The van der Waals surface area contributed by atoms with Crippen molar-refractivity contribution < 1.29 is 4.74 Å². The molecule has 0 spiro atoms. The first-order valence-corrected chi connectivity index (χ1v) is 9.78. The Kier molecular flexibility index (Phi) is 4.20. The van der Waals surface area contributed by atoms with Crippen LogP contribution in [0.25, 0.3) is 16.7 Å². The summed E-state index contributed by atoms with van der Waals surface area (Å²) in [6.45, 7) is 2.14. The summed E-state index contributed by atoms with van der Waals surface area (Å²) in [4.78, 5) is 13.2. The van der Waals surface area contributed by atoms with Gasteiger partial charge >= 0.3 is 0 Å². The number of fused-ring (bicyclic) bond motifs is 2. The maximum atomic E-state index is 5.43. The molecule has 30 heavy (non-hydrogen) atoms. The topological polar surface area (TPSA) is 88.9 Å². The number of benzene rings is 1. The lowest BCUT2D eigenvalue weighted by molar-refractivity contribution is 0.401. The second kappa shape index (κ2) is 6.91. The lowest BCUT2D eigenvalue weighted by Gasteiger charge is -2.26. The Morgan fingerprint density at radius 2 is 2.03 bits per heavy atom. The number of methoxy groups -OCH3 is 1. The highest BCUT2D eigenvalue weighted by Crippen LogP contribution is 2.36. The molecule has 0 saturated carbocycles. The van der Waals surface area contributed by atoms with Crippen molar-refractivity contribution in [1.82, 2.24) is 19.5 Å². The maximum Gasteiger partial charge on any atom is 0.241 e. The lowest BCUT2D eigenvalue weighted by atomic mass is 10.0. The van der Waals surface area contributed by atoms with Gasteiger partial charge in [-0.25, -0.2) is 9.97 Å². The SMILES string of the molecule is CNc1cccc(CC2(C)Nc3cc(-n4ccc5ncnc(OC)c54)cnc3N2)c1. The smallest absolute Gasteiger partial charge is 0.241 e. The number of pyridine rings is 1. The summed E-state index contributed by atoms with van der Waals surface area (Å²) in [5.41, 5.74) is 5.50. The van der Waals surface area contributed by atoms with Crippen molar-refractivity contribution >= 4 is 28.2 Å². The summed E-state index contributed by atoms with van der Waals surface area (Å²) in [5.74, 6) is 1.37. The van der Waals surface area contributed by atoms with Crippen molar-refractivity contribution in [3.05, 3.63) is 60.7 Å². The van der Waals surface area contributed by atoms with Crippen molar-refractivity contribution in [3.63, 3.8) is 0 Å². The van der Waals surface area contributed by atoms with Crippen molar-refractivity contribution in [3.8, 4) is 11.6 Å². The van der Waals surface area contributed by atoms with Crippen molar-refractivity contribution in [2.75, 3.05) is 30.1 Å². The van der Waals surface area contributed by atoms with Gasteiger partial charge < -0.3 is 25.3 Å². The van der Waals surface area contributed by atoms with Gasteiger partial charge in [0.15, 0.2) is 5.82 Å². The zero-order valence-electron chi connectivity index (χ0n) is 17.1. The zero-order valence-corrected chi connectivity index (χ0v) is 17.1. The normalized spacial score (nSPS) is 17.3. The number of hydrogen-bond donors (Lipinski definition) is 3. The van der Waals surface area contributed by atoms with Crippen LogP contribution in [0.5, 0.6) is 5.88 Å². The maximum absolute atomic E-state index is 5.43. The summed E-state index contributed by atoms with van der Waals surface area (Å²) in [5, 5.41) is 10.3. The third-order valence-electron chi connectivity index (χ3n) is 5.36. The number of rotatable bonds is 5. The molecule has 3 aromatic heterocycles. The first-order valence-electron chi connectivity index (χ1n) is 9.78. The molecule has 0 amide bonds. The molecule has 4 aromatic rings. The quantitative estimate of drug-likeness (QED) is 0.470. The number of nitrogens with one attached hydrogen (secondary N) is 3. The fourth-order valence-electron chi connectivity index (χ4n) is 4.01. The van der Waals surface area contributed by atoms with Gasteiger partial charge in [-0.3, -0.25) is 0 Å². The number of hydrogen-bond acceptors (Lipinski definition) is 7. The van der Waals surface area contributed by atoms with E-state index >= 15 is 0 Å². The Bertz CT molecular complexity index is 1240. The summed E-state index contributed by atoms with van der Waals surface area (Å²) in [7, 11) is 3.54. The van der Waals surface area contributed by atoms with Crippen LogP contribution in [-0.2, 0) is 6.42 Å². The van der Waals surface area contributed by atoms with Gasteiger partial charge in [0.2, 0.25) is 5.88 Å². The average Bonchev–Trinajstić information content (AvgIpc) is 3.33. The standard InChI is InChI=1S/C22H23N7O/c1-22(11-14-5-4-6-15(9-14)23-2)27-18-10-16(12-24-20(18)28-22)29-8-7-17-19(29)21(30-3)26-13-25-17/h4-10,12-13,23,27H,11H2,1-3H3,(H,24,28). The molecule has 0 saturated heterocycles. The van der Waals surface area contributed by atoms with E-state index in [-0.39, 0.29) is 5.66 Å². The second-order valence-corrected chi connectivity index (χ2v) is 7.60. The first-order chi connectivity index (χ1) is 14.6. The molecule has 4 heterocycles. The summed E-state index contributed by atoms with van der Waals surface area (Å²) in [6.07, 6.45) is 6.11. The van der Waals surface area contributed by atoms with Crippen LogP contribution in [0.15, 0.2) is 55.1 Å². The van der Waals surface area contributed by atoms with Crippen LogP contribution in [0, 0.1) is 0 Å².